The van der Waals surface area contributed by atoms with Gasteiger partial charge in [-0.2, -0.15) is 5.26 Å². The smallest absolute Gasteiger partial charge is 0.170 e. The topological polar surface area (TPSA) is 85.2 Å². The number of piperidine rings is 1. The van der Waals surface area contributed by atoms with Crippen LogP contribution in [0.15, 0.2) is 18.5 Å². The molecule has 1 aromatic carbocycles. The Bertz CT molecular complexity index is 901. The molecule has 0 bridgehead atoms. The molecule has 2 aliphatic heterocycles. The summed E-state index contributed by atoms with van der Waals surface area (Å²) in [6.07, 6.45) is 3.52. The van der Waals surface area contributed by atoms with Gasteiger partial charge < -0.3 is 4.90 Å². The van der Waals surface area contributed by atoms with Gasteiger partial charge in [-0.3, -0.25) is 0 Å². The lowest BCUT2D eigenvalue weighted by atomic mass is 9.97. The van der Waals surface area contributed by atoms with Gasteiger partial charge in [0.1, 0.15) is 24.0 Å². The van der Waals surface area contributed by atoms with E-state index in [1.165, 1.54) is 18.5 Å². The average molecular weight is 374 g/mol. The monoisotopic (exact) mass is 374 g/mol. The summed E-state index contributed by atoms with van der Waals surface area (Å²) in [5, 5.41) is 9.81. The minimum absolute atomic E-state index is 0.000599. The maximum absolute atomic E-state index is 13.9. The first-order valence-electron chi connectivity index (χ1n) is 8.65. The van der Waals surface area contributed by atoms with E-state index in [1.807, 2.05) is 10.4 Å². The molecule has 3 heterocycles. The lowest BCUT2D eigenvalue weighted by molar-refractivity contribution is 0.331. The number of benzene rings is 1. The van der Waals surface area contributed by atoms with Crippen LogP contribution in [0.4, 0.5) is 10.2 Å². The third kappa shape index (κ3) is 3.28. The van der Waals surface area contributed by atoms with Crippen LogP contribution >= 0.6 is 0 Å². The quantitative estimate of drug-likeness (QED) is 0.876. The van der Waals surface area contributed by atoms with Crippen molar-refractivity contribution < 1.29 is 8.60 Å². The number of nitriles is 1. The first kappa shape index (κ1) is 17.3. The van der Waals surface area contributed by atoms with E-state index < -0.39 is 17.0 Å². The van der Waals surface area contributed by atoms with Crippen molar-refractivity contribution in [3.63, 3.8) is 0 Å². The van der Waals surface area contributed by atoms with Crippen molar-refractivity contribution in [3.8, 4) is 6.07 Å². The van der Waals surface area contributed by atoms with Gasteiger partial charge in [0.2, 0.25) is 0 Å². The Labute approximate surface area is 153 Å². The van der Waals surface area contributed by atoms with Gasteiger partial charge in [0.15, 0.2) is 11.2 Å². The highest BCUT2D eigenvalue weighted by Crippen LogP contribution is 2.29. The molecule has 2 atom stereocenters. The third-order valence-electron chi connectivity index (χ3n) is 4.93. The molecule has 4 rings (SSSR count). The molecule has 0 radical (unpaired) electrons. The Morgan fingerprint density at radius 2 is 2.27 bits per heavy atom. The number of nitrogens with zero attached hydrogens (tertiary/aromatic N) is 5. The molecular weight excluding hydrogens is 355 g/mol. The molecule has 2 unspecified atom stereocenters. The molecule has 0 spiro atoms. The maximum atomic E-state index is 13.9. The number of fused-ring (bicyclic) bond motifs is 1. The molecule has 0 saturated carbocycles. The number of anilines is 1. The average Bonchev–Trinajstić information content (AvgIpc) is 3.05. The maximum Gasteiger partial charge on any atom is 0.170 e. The molecule has 7 nitrogen and oxygen atoms in total. The SMILES string of the molecule is N#Cc1cc2c(N3CCCC(CN4CCNS4=O)C3)ncnc2cc1F. The standard InChI is InChI=1S/C17H19FN6OS/c18-15-7-16-14(6-13(15)8-19)17(21-11-20-16)23-4-1-2-12(9-23)10-24-5-3-22-26(24)25/h6-7,11-12,22H,1-5,9-10H2. The van der Waals surface area contributed by atoms with Gasteiger partial charge in [-0.1, -0.05) is 0 Å². The Hall–Kier alpha value is -2.15. The normalized spacial score (nSPS) is 24.1. The number of rotatable bonds is 3. The number of aromatic nitrogens is 2. The van der Waals surface area contributed by atoms with E-state index in [0.29, 0.717) is 16.8 Å². The predicted molar refractivity (Wildman–Crippen MR) is 96.9 cm³/mol. The van der Waals surface area contributed by atoms with Crippen LogP contribution in [0, 0.1) is 23.1 Å². The van der Waals surface area contributed by atoms with E-state index in [9.17, 15) is 8.60 Å². The minimum atomic E-state index is -1.09. The summed E-state index contributed by atoms with van der Waals surface area (Å²) in [6, 6.07) is 4.70. The van der Waals surface area contributed by atoms with Crippen LogP contribution in [0.1, 0.15) is 18.4 Å². The molecule has 1 N–H and O–H groups in total. The zero-order valence-electron chi connectivity index (χ0n) is 14.2. The van der Waals surface area contributed by atoms with Gasteiger partial charge in [-0.25, -0.2) is 27.6 Å². The number of nitrogens with one attached hydrogen (secondary N) is 1. The molecule has 2 saturated heterocycles. The fourth-order valence-corrected chi connectivity index (χ4v) is 4.74. The second-order valence-electron chi connectivity index (χ2n) is 6.64. The number of halogens is 1. The molecule has 2 aliphatic rings. The Morgan fingerprint density at radius 3 is 3.04 bits per heavy atom. The lowest BCUT2D eigenvalue weighted by Gasteiger charge is -2.35. The van der Waals surface area contributed by atoms with Gasteiger partial charge in [0, 0.05) is 44.2 Å². The van der Waals surface area contributed by atoms with E-state index in [0.717, 1.165) is 51.4 Å². The zero-order chi connectivity index (χ0) is 18.1. The van der Waals surface area contributed by atoms with Crippen LogP contribution in [-0.4, -0.2) is 51.2 Å². The van der Waals surface area contributed by atoms with E-state index >= 15 is 0 Å². The number of hydrogen-bond donors (Lipinski definition) is 1. The summed E-state index contributed by atoms with van der Waals surface area (Å²) in [7, 11) is 0. The minimum Gasteiger partial charge on any atom is -0.356 e. The van der Waals surface area contributed by atoms with Crippen molar-refractivity contribution in [2.24, 2.45) is 5.92 Å². The third-order valence-corrected chi connectivity index (χ3v) is 6.18. The van der Waals surface area contributed by atoms with Crippen molar-refractivity contribution in [1.29, 1.82) is 5.26 Å². The second-order valence-corrected chi connectivity index (χ2v) is 7.95. The highest BCUT2D eigenvalue weighted by Gasteiger charge is 2.28. The van der Waals surface area contributed by atoms with Crippen LogP contribution in [0.2, 0.25) is 0 Å². The van der Waals surface area contributed by atoms with Crippen LogP contribution < -0.4 is 9.62 Å². The van der Waals surface area contributed by atoms with E-state index in [-0.39, 0.29) is 5.56 Å². The molecule has 2 fully saturated rings. The summed E-state index contributed by atoms with van der Waals surface area (Å²) >= 11 is -1.09. The molecule has 2 aromatic rings. The summed E-state index contributed by atoms with van der Waals surface area (Å²) in [5.41, 5.74) is 0.499. The van der Waals surface area contributed by atoms with Crippen LogP contribution in [0.25, 0.3) is 10.9 Å². The van der Waals surface area contributed by atoms with Gasteiger partial charge in [0.25, 0.3) is 0 Å². The van der Waals surface area contributed by atoms with Crippen molar-refractivity contribution in [3.05, 3.63) is 29.8 Å². The number of hydrogen-bond acceptors (Lipinski definition) is 5. The Kier molecular flexibility index (Phi) is 4.80. The largest absolute Gasteiger partial charge is 0.356 e. The first-order valence-corrected chi connectivity index (χ1v) is 9.76. The highest BCUT2D eigenvalue weighted by atomic mass is 32.2. The van der Waals surface area contributed by atoms with Gasteiger partial charge in [-0.15, -0.1) is 0 Å². The predicted octanol–water partition coefficient (Wildman–Crippen LogP) is 1.34. The highest BCUT2D eigenvalue weighted by molar-refractivity contribution is 7.80. The summed E-state index contributed by atoms with van der Waals surface area (Å²) in [4.78, 5) is 10.7. The zero-order valence-corrected chi connectivity index (χ0v) is 15.0. The summed E-state index contributed by atoms with van der Waals surface area (Å²) < 4.78 is 30.7. The summed E-state index contributed by atoms with van der Waals surface area (Å²) in [5.74, 6) is 0.551. The van der Waals surface area contributed by atoms with Crippen LogP contribution in [-0.2, 0) is 11.2 Å². The fourth-order valence-electron chi connectivity index (χ4n) is 3.69. The van der Waals surface area contributed by atoms with E-state index in [2.05, 4.69) is 19.6 Å². The Balaban J connectivity index is 1.60. The van der Waals surface area contributed by atoms with Crippen LogP contribution in [0.3, 0.4) is 0 Å². The van der Waals surface area contributed by atoms with E-state index in [1.54, 1.807) is 0 Å². The van der Waals surface area contributed by atoms with Gasteiger partial charge in [0.05, 0.1) is 11.1 Å². The molecule has 9 heteroatoms. The molecule has 1 aromatic heterocycles. The molecule has 0 aliphatic carbocycles. The summed E-state index contributed by atoms with van der Waals surface area (Å²) in [6.45, 7) is 3.96. The first-order chi connectivity index (χ1) is 12.7. The van der Waals surface area contributed by atoms with Crippen molar-refractivity contribution in [1.82, 2.24) is 19.0 Å². The van der Waals surface area contributed by atoms with Gasteiger partial charge >= 0.3 is 0 Å². The van der Waals surface area contributed by atoms with Crippen molar-refractivity contribution >= 4 is 27.9 Å². The van der Waals surface area contributed by atoms with Crippen molar-refractivity contribution in [2.45, 2.75) is 12.8 Å². The fraction of sp³-hybridized carbons (Fsp3) is 0.471. The molecule has 0 amide bonds. The molecular formula is C17H19FN6OS. The molecule has 26 heavy (non-hydrogen) atoms. The van der Waals surface area contributed by atoms with E-state index in [4.69, 9.17) is 5.26 Å². The van der Waals surface area contributed by atoms with Crippen molar-refractivity contribution in [2.75, 3.05) is 37.6 Å². The van der Waals surface area contributed by atoms with Crippen LogP contribution in [0.5, 0.6) is 0 Å². The Morgan fingerprint density at radius 1 is 1.38 bits per heavy atom. The second kappa shape index (κ2) is 7.23. The van der Waals surface area contributed by atoms with Gasteiger partial charge in [-0.05, 0) is 24.8 Å². The molecule has 136 valence electrons. The lowest BCUT2D eigenvalue weighted by Crippen LogP contribution is -2.41.